The Morgan fingerprint density at radius 2 is 2.00 bits per heavy atom. The highest BCUT2D eigenvalue weighted by Gasteiger charge is 2.09. The summed E-state index contributed by atoms with van der Waals surface area (Å²) in [5, 5.41) is 13.1. The predicted octanol–water partition coefficient (Wildman–Crippen LogP) is 2.20. The van der Waals surface area contributed by atoms with E-state index < -0.39 is 0 Å². The van der Waals surface area contributed by atoms with Crippen molar-refractivity contribution >= 4 is 23.2 Å². The average molecular weight is 308 g/mol. The van der Waals surface area contributed by atoms with Gasteiger partial charge in [-0.25, -0.2) is 10.4 Å². The molecule has 1 heterocycles. The molecule has 0 aliphatic heterocycles. The lowest BCUT2D eigenvalue weighted by atomic mass is 10.2. The van der Waals surface area contributed by atoms with Gasteiger partial charge >= 0.3 is 0 Å². The van der Waals surface area contributed by atoms with Crippen molar-refractivity contribution < 1.29 is 9.90 Å². The van der Waals surface area contributed by atoms with Gasteiger partial charge in [0.25, 0.3) is 5.91 Å². The Kier molecular flexibility index (Phi) is 4.05. The lowest BCUT2D eigenvalue weighted by molar-refractivity contribution is -0.121. The van der Waals surface area contributed by atoms with E-state index in [0.29, 0.717) is 0 Å². The van der Waals surface area contributed by atoms with Gasteiger partial charge in [0.15, 0.2) is 0 Å². The molecule has 6 heteroatoms. The number of carbonyl (C=O) groups excluding carboxylic acids is 1. The van der Waals surface area contributed by atoms with Crippen LogP contribution in [0.5, 0.6) is 5.75 Å². The van der Waals surface area contributed by atoms with Gasteiger partial charge in [-0.2, -0.15) is 5.10 Å². The summed E-state index contributed by atoms with van der Waals surface area (Å²) in [7, 11) is 0. The normalized spacial score (nSPS) is 11.2. The van der Waals surface area contributed by atoms with E-state index in [4.69, 9.17) is 0 Å². The summed E-state index contributed by atoms with van der Waals surface area (Å²) >= 11 is 0. The molecule has 0 spiro atoms. The Hall–Kier alpha value is -3.15. The molecule has 6 nitrogen and oxygen atoms in total. The molecule has 1 aromatic heterocycles. The third-order valence-electron chi connectivity index (χ3n) is 3.44. The van der Waals surface area contributed by atoms with Crippen LogP contribution in [0.2, 0.25) is 0 Å². The van der Waals surface area contributed by atoms with Gasteiger partial charge in [0.2, 0.25) is 0 Å². The van der Waals surface area contributed by atoms with Crippen molar-refractivity contribution in [2.24, 2.45) is 5.10 Å². The van der Waals surface area contributed by atoms with Crippen molar-refractivity contribution in [1.82, 2.24) is 15.0 Å². The molecule has 23 heavy (non-hydrogen) atoms. The summed E-state index contributed by atoms with van der Waals surface area (Å²) in [5.74, 6) is 0.740. The number of aromatic hydroxyl groups is 1. The van der Waals surface area contributed by atoms with Crippen LogP contribution < -0.4 is 5.43 Å². The number of phenolic OH excluding ortho intramolecular Hbond substituents is 1. The van der Waals surface area contributed by atoms with Crippen molar-refractivity contribution in [3.63, 3.8) is 0 Å². The first-order valence-corrected chi connectivity index (χ1v) is 7.16. The van der Waals surface area contributed by atoms with Crippen LogP contribution in [-0.2, 0) is 11.3 Å². The quantitative estimate of drug-likeness (QED) is 0.573. The minimum Gasteiger partial charge on any atom is -0.508 e. The minimum atomic E-state index is -0.230. The third-order valence-corrected chi connectivity index (χ3v) is 3.44. The molecule has 0 saturated heterocycles. The fraction of sp³-hybridized carbons (Fsp3) is 0.118. The number of imidazole rings is 1. The molecule has 3 aromatic rings. The number of hydrazone groups is 1. The van der Waals surface area contributed by atoms with E-state index in [0.717, 1.165) is 22.4 Å². The van der Waals surface area contributed by atoms with Crippen LogP contribution in [0.4, 0.5) is 0 Å². The molecule has 0 aliphatic carbocycles. The van der Waals surface area contributed by atoms with Crippen LogP contribution in [0.25, 0.3) is 11.0 Å². The Morgan fingerprint density at radius 3 is 2.78 bits per heavy atom. The van der Waals surface area contributed by atoms with Crippen LogP contribution in [0.1, 0.15) is 11.4 Å². The van der Waals surface area contributed by atoms with Crippen molar-refractivity contribution in [1.29, 1.82) is 0 Å². The molecule has 3 rings (SSSR count). The summed E-state index contributed by atoms with van der Waals surface area (Å²) in [6.45, 7) is 2.02. The number of fused-ring (bicyclic) bond motifs is 1. The van der Waals surface area contributed by atoms with Crippen molar-refractivity contribution in [3.8, 4) is 5.75 Å². The van der Waals surface area contributed by atoms with Gasteiger partial charge in [-0.15, -0.1) is 0 Å². The van der Waals surface area contributed by atoms with Crippen LogP contribution >= 0.6 is 0 Å². The number of rotatable bonds is 4. The van der Waals surface area contributed by atoms with E-state index in [1.54, 1.807) is 24.3 Å². The van der Waals surface area contributed by atoms with Crippen LogP contribution in [0.15, 0.2) is 53.6 Å². The van der Waals surface area contributed by atoms with E-state index in [2.05, 4.69) is 15.5 Å². The van der Waals surface area contributed by atoms with Crippen LogP contribution in [0.3, 0.4) is 0 Å². The summed E-state index contributed by atoms with van der Waals surface area (Å²) < 4.78 is 1.85. The van der Waals surface area contributed by atoms with E-state index in [-0.39, 0.29) is 18.2 Å². The molecular weight excluding hydrogens is 292 g/mol. The molecule has 116 valence electrons. The zero-order valence-corrected chi connectivity index (χ0v) is 12.6. The highest BCUT2D eigenvalue weighted by molar-refractivity contribution is 5.83. The maximum Gasteiger partial charge on any atom is 0.260 e. The van der Waals surface area contributed by atoms with Gasteiger partial charge in [-0.05, 0) is 48.9 Å². The molecular formula is C17H16N4O2. The van der Waals surface area contributed by atoms with E-state index in [1.807, 2.05) is 35.8 Å². The van der Waals surface area contributed by atoms with Gasteiger partial charge in [0.05, 0.1) is 17.2 Å². The molecule has 1 amide bonds. The fourth-order valence-electron chi connectivity index (χ4n) is 2.31. The lowest BCUT2D eigenvalue weighted by Gasteiger charge is -2.05. The minimum absolute atomic E-state index is 0.152. The van der Waals surface area contributed by atoms with Crippen LogP contribution in [-0.4, -0.2) is 26.8 Å². The van der Waals surface area contributed by atoms with E-state index >= 15 is 0 Å². The zero-order chi connectivity index (χ0) is 16.2. The van der Waals surface area contributed by atoms with Crippen molar-refractivity contribution in [2.75, 3.05) is 0 Å². The number of amides is 1. The second kappa shape index (κ2) is 6.31. The predicted molar refractivity (Wildman–Crippen MR) is 88.3 cm³/mol. The van der Waals surface area contributed by atoms with Gasteiger partial charge in [0, 0.05) is 0 Å². The van der Waals surface area contributed by atoms with Crippen LogP contribution in [0, 0.1) is 6.92 Å². The number of phenols is 1. The summed E-state index contributed by atoms with van der Waals surface area (Å²) in [5.41, 5.74) is 5.07. The molecule has 0 atom stereocenters. The number of carbonyl (C=O) groups is 1. The highest BCUT2D eigenvalue weighted by atomic mass is 16.3. The Balaban J connectivity index is 1.67. The maximum atomic E-state index is 12.0. The molecule has 0 saturated carbocycles. The number of hydrogen-bond donors (Lipinski definition) is 2. The molecule has 0 unspecified atom stereocenters. The number of benzene rings is 2. The number of aromatic nitrogens is 2. The summed E-state index contributed by atoms with van der Waals surface area (Å²) in [6, 6.07) is 14.2. The third kappa shape index (κ3) is 3.37. The topological polar surface area (TPSA) is 79.5 Å². The number of hydrogen-bond acceptors (Lipinski definition) is 4. The van der Waals surface area contributed by atoms with Gasteiger partial charge in [-0.3, -0.25) is 4.79 Å². The second-order valence-electron chi connectivity index (χ2n) is 5.12. The van der Waals surface area contributed by atoms with Crippen molar-refractivity contribution in [3.05, 3.63) is 59.9 Å². The molecule has 2 N–H and O–H groups in total. The fourth-order valence-corrected chi connectivity index (χ4v) is 2.31. The Labute approximate surface area is 133 Å². The Morgan fingerprint density at radius 1 is 1.26 bits per heavy atom. The second-order valence-corrected chi connectivity index (χ2v) is 5.12. The lowest BCUT2D eigenvalue weighted by Crippen LogP contribution is -2.23. The number of aryl methyl sites for hydroxylation is 1. The molecule has 0 fully saturated rings. The number of nitrogens with one attached hydrogen (secondary N) is 1. The first-order valence-electron chi connectivity index (χ1n) is 7.16. The van der Waals surface area contributed by atoms with Crippen molar-refractivity contribution in [2.45, 2.75) is 13.5 Å². The monoisotopic (exact) mass is 308 g/mol. The molecule has 0 aliphatic rings. The maximum absolute atomic E-state index is 12.0. The number of para-hydroxylation sites is 2. The standard InChI is InChI=1S/C17H16N4O2/c1-12-19-15-4-2-3-5-16(15)21(12)11-17(23)20-18-10-13-6-8-14(22)9-7-13/h2-10,22H,11H2,1H3,(H,20,23)/b18-10-. The smallest absolute Gasteiger partial charge is 0.260 e. The average Bonchev–Trinajstić information content (AvgIpc) is 2.85. The number of nitrogens with zero attached hydrogens (tertiary/aromatic N) is 3. The zero-order valence-electron chi connectivity index (χ0n) is 12.6. The Bertz CT molecular complexity index is 866. The highest BCUT2D eigenvalue weighted by Crippen LogP contribution is 2.15. The van der Waals surface area contributed by atoms with Gasteiger partial charge in [0.1, 0.15) is 18.1 Å². The van der Waals surface area contributed by atoms with E-state index in [9.17, 15) is 9.90 Å². The van der Waals surface area contributed by atoms with E-state index in [1.165, 1.54) is 6.21 Å². The molecule has 0 bridgehead atoms. The first kappa shape index (κ1) is 14.8. The molecule has 2 aromatic carbocycles. The van der Waals surface area contributed by atoms with Gasteiger partial charge < -0.3 is 9.67 Å². The summed E-state index contributed by atoms with van der Waals surface area (Å²) in [4.78, 5) is 16.5. The van der Waals surface area contributed by atoms with Gasteiger partial charge in [-0.1, -0.05) is 12.1 Å². The largest absolute Gasteiger partial charge is 0.508 e. The SMILES string of the molecule is Cc1nc2ccccc2n1CC(=O)N/N=C\c1ccc(O)cc1. The first-order chi connectivity index (χ1) is 11.1. The molecule has 0 radical (unpaired) electrons. The summed E-state index contributed by atoms with van der Waals surface area (Å²) in [6.07, 6.45) is 1.52.